The molecular formula is C2H8N2O. The van der Waals surface area contributed by atoms with E-state index in [4.69, 9.17) is 0 Å². The molecule has 0 aliphatic rings. The molecule has 1 unspecified atom stereocenters. The predicted molar refractivity (Wildman–Crippen MR) is 19.1 cm³/mol. The number of hydroxylamine groups is 1. The first-order valence-electron chi connectivity index (χ1n) is 1.55. The van der Waals surface area contributed by atoms with Crippen LogP contribution in [0.2, 0.25) is 0 Å². The Kier molecular flexibility index (Phi) is 2.09. The molecule has 0 aliphatic carbocycles. The van der Waals surface area contributed by atoms with Crippen molar-refractivity contribution in [3.8, 4) is 0 Å². The summed E-state index contributed by atoms with van der Waals surface area (Å²) in [5.74, 6) is 4.65. The predicted octanol–water partition coefficient (Wildman–Crippen LogP) is -1.74. The van der Waals surface area contributed by atoms with Gasteiger partial charge in [0.05, 0.1) is 6.54 Å². The van der Waals surface area contributed by atoms with Gasteiger partial charge >= 0.3 is 0 Å². The van der Waals surface area contributed by atoms with Crippen molar-refractivity contribution in [2.75, 3.05) is 6.54 Å². The number of quaternary nitrogens is 1. The van der Waals surface area contributed by atoms with Gasteiger partial charge < -0.3 is 5.21 Å². The van der Waals surface area contributed by atoms with E-state index in [1.807, 2.05) is 0 Å². The van der Waals surface area contributed by atoms with Crippen LogP contribution in [0.4, 0.5) is 0 Å². The molecule has 3 N–H and O–H groups in total. The van der Waals surface area contributed by atoms with Crippen molar-refractivity contribution < 1.29 is 5.17 Å². The van der Waals surface area contributed by atoms with E-state index in [0.717, 1.165) is 0 Å². The second-order valence-corrected chi connectivity index (χ2v) is 0.820. The molecule has 0 radical (unpaired) electrons. The van der Waals surface area contributed by atoms with Crippen LogP contribution >= 0.6 is 0 Å². The molecule has 3 nitrogen and oxygen atoms in total. The van der Waals surface area contributed by atoms with E-state index in [1.54, 1.807) is 6.92 Å². The Hall–Kier alpha value is -0.120. The molecule has 32 valence electrons. The van der Waals surface area contributed by atoms with Crippen molar-refractivity contribution in [1.82, 2.24) is 0 Å². The topological polar surface area (TPSA) is 53.5 Å². The second kappa shape index (κ2) is 2.14. The maximum absolute atomic E-state index is 9.59. The lowest BCUT2D eigenvalue weighted by Gasteiger charge is -2.09. The number of hydrogen-bond donors (Lipinski definition) is 2. The summed E-state index contributed by atoms with van der Waals surface area (Å²) in [6.07, 6.45) is 0. The van der Waals surface area contributed by atoms with E-state index in [9.17, 15) is 5.21 Å². The number of rotatable bonds is 1. The van der Waals surface area contributed by atoms with Crippen LogP contribution in [0.25, 0.3) is 0 Å². The summed E-state index contributed by atoms with van der Waals surface area (Å²) in [7, 11) is 0. The van der Waals surface area contributed by atoms with Gasteiger partial charge in [0.2, 0.25) is 0 Å². The van der Waals surface area contributed by atoms with Crippen LogP contribution in [0.3, 0.4) is 0 Å². The summed E-state index contributed by atoms with van der Waals surface area (Å²) in [4.78, 5) is 0. The highest BCUT2D eigenvalue weighted by molar-refractivity contribution is 3.99. The van der Waals surface area contributed by atoms with E-state index >= 15 is 0 Å². The van der Waals surface area contributed by atoms with Gasteiger partial charge in [-0.3, -0.25) is 5.17 Å². The summed E-state index contributed by atoms with van der Waals surface area (Å²) in [5, 5.41) is 9.34. The van der Waals surface area contributed by atoms with Crippen molar-refractivity contribution in [2.45, 2.75) is 6.92 Å². The number of nitrogens with one attached hydrogen (secondary N) is 1. The molecule has 0 bridgehead atoms. The largest absolute Gasteiger partial charge is 0.613 e. The molecular weight excluding hydrogens is 68.0 g/mol. The number of hydrogen-bond acceptors (Lipinski definition) is 2. The highest BCUT2D eigenvalue weighted by atomic mass is 16.5. The van der Waals surface area contributed by atoms with Gasteiger partial charge in [0.1, 0.15) is 0 Å². The molecule has 1 atom stereocenters. The zero-order chi connectivity index (χ0) is 4.28. The van der Waals surface area contributed by atoms with E-state index in [0.29, 0.717) is 6.54 Å². The SMILES string of the molecule is CC[NH+](N)[O-]. The van der Waals surface area contributed by atoms with Crippen LogP contribution in [-0.2, 0) is 0 Å². The van der Waals surface area contributed by atoms with Crippen LogP contribution in [0.5, 0.6) is 0 Å². The van der Waals surface area contributed by atoms with Crippen LogP contribution in [-0.4, -0.2) is 6.54 Å². The molecule has 5 heavy (non-hydrogen) atoms. The van der Waals surface area contributed by atoms with Gasteiger partial charge in [0, 0.05) is 0 Å². The molecule has 0 saturated heterocycles. The second-order valence-electron chi connectivity index (χ2n) is 0.820. The van der Waals surface area contributed by atoms with E-state index < -0.39 is 0 Å². The van der Waals surface area contributed by atoms with E-state index in [-0.39, 0.29) is 5.17 Å². The van der Waals surface area contributed by atoms with Gasteiger partial charge in [-0.05, 0) is 6.92 Å². The van der Waals surface area contributed by atoms with Crippen molar-refractivity contribution in [1.29, 1.82) is 0 Å². The van der Waals surface area contributed by atoms with Gasteiger partial charge in [0.15, 0.2) is 0 Å². The van der Waals surface area contributed by atoms with Gasteiger partial charge in [-0.15, -0.1) is 0 Å². The average molecular weight is 76.1 g/mol. The summed E-state index contributed by atoms with van der Waals surface area (Å²) in [6.45, 7) is 2.17. The highest BCUT2D eigenvalue weighted by Gasteiger charge is 1.68. The molecule has 0 aromatic rings. The fourth-order valence-corrected chi connectivity index (χ4v) is 0. The molecule has 0 aromatic carbocycles. The summed E-state index contributed by atoms with van der Waals surface area (Å²) < 4.78 is 0. The fourth-order valence-electron chi connectivity index (χ4n) is 0. The lowest BCUT2D eigenvalue weighted by Crippen LogP contribution is -3.12. The van der Waals surface area contributed by atoms with Gasteiger partial charge in [-0.1, -0.05) is 0 Å². The minimum Gasteiger partial charge on any atom is -0.613 e. The first-order valence-corrected chi connectivity index (χ1v) is 1.55. The van der Waals surface area contributed by atoms with Crippen molar-refractivity contribution >= 4 is 0 Å². The third-order valence-corrected chi connectivity index (χ3v) is 0.348. The van der Waals surface area contributed by atoms with Crippen molar-refractivity contribution in [2.24, 2.45) is 5.84 Å². The van der Waals surface area contributed by atoms with Crippen LogP contribution in [0.1, 0.15) is 6.92 Å². The summed E-state index contributed by atoms with van der Waals surface area (Å²) in [5.41, 5.74) is 0. The molecule has 0 amide bonds. The Morgan fingerprint density at radius 1 is 2.00 bits per heavy atom. The minimum absolute atomic E-state index is 0.245. The molecule has 0 spiro atoms. The summed E-state index contributed by atoms with van der Waals surface area (Å²) in [6, 6.07) is 0. The average Bonchev–Trinajstić information content (AvgIpc) is 1.38. The third kappa shape index (κ3) is 3.88. The molecule has 0 heterocycles. The monoisotopic (exact) mass is 76.1 g/mol. The normalized spacial score (nSPS) is 15.0. The first kappa shape index (κ1) is 4.88. The van der Waals surface area contributed by atoms with Crippen LogP contribution in [0.15, 0.2) is 0 Å². The zero-order valence-electron chi connectivity index (χ0n) is 3.19. The lowest BCUT2D eigenvalue weighted by atomic mass is 10.8. The van der Waals surface area contributed by atoms with Gasteiger partial charge in [-0.25, -0.2) is 0 Å². The molecule has 0 fully saturated rings. The molecule has 0 rings (SSSR count). The van der Waals surface area contributed by atoms with Crippen molar-refractivity contribution in [3.05, 3.63) is 5.21 Å². The molecule has 0 saturated carbocycles. The fraction of sp³-hybridized carbons (Fsp3) is 1.00. The van der Waals surface area contributed by atoms with Crippen molar-refractivity contribution in [3.63, 3.8) is 0 Å². The van der Waals surface area contributed by atoms with Gasteiger partial charge in [-0.2, -0.15) is 5.84 Å². The molecule has 0 aromatic heterocycles. The van der Waals surface area contributed by atoms with E-state index in [1.165, 1.54) is 0 Å². The van der Waals surface area contributed by atoms with Crippen LogP contribution in [0, 0.1) is 5.21 Å². The third-order valence-electron chi connectivity index (χ3n) is 0.348. The zero-order valence-corrected chi connectivity index (χ0v) is 3.19. The standard InChI is InChI=1S/C2H8N2O/c1-2-4(3)5/h4H,2-3H2,1H3. The van der Waals surface area contributed by atoms with Crippen LogP contribution < -0.4 is 11.0 Å². The molecule has 0 aliphatic heterocycles. The quantitative estimate of drug-likeness (QED) is 0.288. The first-order chi connectivity index (χ1) is 2.27. The van der Waals surface area contributed by atoms with Gasteiger partial charge in [0.25, 0.3) is 0 Å². The van der Waals surface area contributed by atoms with E-state index in [2.05, 4.69) is 5.84 Å². The Morgan fingerprint density at radius 2 is 2.20 bits per heavy atom. The highest BCUT2D eigenvalue weighted by Crippen LogP contribution is 1.24. The maximum atomic E-state index is 9.59. The Labute approximate surface area is 30.9 Å². The smallest absolute Gasteiger partial charge is 0.0913 e. The maximum Gasteiger partial charge on any atom is 0.0913 e. The molecule has 3 heteroatoms. The Morgan fingerprint density at radius 3 is 2.20 bits per heavy atom. The lowest BCUT2D eigenvalue weighted by molar-refractivity contribution is -0.858. The Balaban J connectivity index is 2.54. The Bertz CT molecular complexity index is 21.6. The number of nitrogens with two attached hydrogens (primary N) is 1. The minimum atomic E-state index is -0.245. The summed E-state index contributed by atoms with van der Waals surface area (Å²) >= 11 is 0.